The van der Waals surface area contributed by atoms with Gasteiger partial charge in [0.15, 0.2) is 5.60 Å². The zero-order chi connectivity index (χ0) is 33.0. The molecule has 6 aromatic carbocycles. The van der Waals surface area contributed by atoms with Crippen LogP contribution in [0.15, 0.2) is 109 Å². The maximum absolute atomic E-state index is 13.9. The fraction of sp³-hybridized carbons (Fsp3) is 0.167. The van der Waals surface area contributed by atoms with Gasteiger partial charge in [0.05, 0.1) is 26.9 Å². The van der Waals surface area contributed by atoms with Gasteiger partial charge in [-0.25, -0.2) is 4.79 Å². The molecule has 0 N–H and O–H groups in total. The summed E-state index contributed by atoms with van der Waals surface area (Å²) in [5, 5.41) is 3.58. The normalized spacial score (nSPS) is 17.7. The van der Waals surface area contributed by atoms with E-state index in [0.717, 1.165) is 67.3 Å². The maximum Gasteiger partial charge on any atom is 0.339 e. The number of hydrogen-bond donors (Lipinski definition) is 0. The summed E-state index contributed by atoms with van der Waals surface area (Å²) in [6.07, 6.45) is 4.96. The molecule has 8 rings (SSSR count). The zero-order valence-electron chi connectivity index (χ0n) is 27.2. The second-order valence-corrected chi connectivity index (χ2v) is 12.3. The predicted octanol–water partition coefficient (Wildman–Crippen LogP) is 9.14. The molecule has 0 fully saturated rings. The minimum absolute atomic E-state index is 0.0967. The Morgan fingerprint density at radius 1 is 0.792 bits per heavy atom. The lowest BCUT2D eigenvalue weighted by molar-refractivity contribution is 0.0600. The third-order valence-electron chi connectivity index (χ3n) is 9.53. The molecular formula is C42H34O6. The second kappa shape index (κ2) is 11.5. The lowest BCUT2D eigenvalue weighted by atomic mass is 9.80. The van der Waals surface area contributed by atoms with Crippen molar-refractivity contribution in [2.24, 2.45) is 0 Å². The molecule has 0 aliphatic carbocycles. The molecule has 0 radical (unpaired) electrons. The quantitative estimate of drug-likeness (QED) is 0.135. The Morgan fingerprint density at radius 3 is 2.25 bits per heavy atom. The topological polar surface area (TPSA) is 63.2 Å². The first kappa shape index (κ1) is 29.6. The summed E-state index contributed by atoms with van der Waals surface area (Å²) in [6, 6.07) is 34.3. The second-order valence-electron chi connectivity index (χ2n) is 12.3. The van der Waals surface area contributed by atoms with Crippen molar-refractivity contribution in [1.29, 1.82) is 0 Å². The van der Waals surface area contributed by atoms with Gasteiger partial charge in [0.25, 0.3) is 0 Å². The van der Waals surface area contributed by atoms with Crippen molar-refractivity contribution in [1.82, 2.24) is 0 Å². The minimum Gasteiger partial charge on any atom is -0.497 e. The van der Waals surface area contributed by atoms with E-state index in [-0.39, 0.29) is 6.10 Å². The first-order valence-corrected chi connectivity index (χ1v) is 16.0. The number of carbonyl (C=O) groups is 1. The fourth-order valence-electron chi connectivity index (χ4n) is 7.32. The minimum atomic E-state index is -1.05. The predicted molar refractivity (Wildman–Crippen MR) is 188 cm³/mol. The number of fused-ring (bicyclic) bond motifs is 6. The summed E-state index contributed by atoms with van der Waals surface area (Å²) in [4.78, 5) is 13.9. The molecule has 0 spiro atoms. The fourth-order valence-corrected chi connectivity index (χ4v) is 7.32. The molecule has 0 amide bonds. The average Bonchev–Trinajstić information content (AvgIpc) is 3.53. The van der Waals surface area contributed by atoms with Crippen LogP contribution in [-0.4, -0.2) is 33.4 Å². The molecule has 0 saturated heterocycles. The van der Waals surface area contributed by atoms with Crippen LogP contribution in [0.25, 0.3) is 38.7 Å². The van der Waals surface area contributed by atoms with E-state index in [1.807, 2.05) is 97.1 Å². The van der Waals surface area contributed by atoms with E-state index in [0.29, 0.717) is 22.6 Å². The van der Waals surface area contributed by atoms with Gasteiger partial charge < -0.3 is 23.7 Å². The van der Waals surface area contributed by atoms with E-state index >= 15 is 0 Å². The number of methoxy groups -OCH3 is 3. The molecule has 48 heavy (non-hydrogen) atoms. The average molecular weight is 635 g/mol. The SMILES string of the molecule is COC(=O)c1c2c(c3cc(OC)c4ccccc4c3c1-c1ccccc1)OC(c1ccc(OC)cc1)(c1ccc3c(c1)CC(C)O3)C=C2. The lowest BCUT2D eigenvalue weighted by Crippen LogP contribution is -2.35. The molecule has 238 valence electrons. The highest BCUT2D eigenvalue weighted by molar-refractivity contribution is 6.23. The van der Waals surface area contributed by atoms with Crippen molar-refractivity contribution >= 4 is 33.6 Å². The molecule has 6 heteroatoms. The number of ether oxygens (including phenoxy) is 5. The van der Waals surface area contributed by atoms with E-state index in [4.69, 9.17) is 23.7 Å². The standard InChI is InChI=1S/C42H34O6/c1-25-22-27-23-29(16-19-35(27)47-25)42(28-14-17-30(44-2)18-15-28)21-20-33-39(41(43)46-4)37(26-10-6-5-7-11-26)38-32-13-9-8-12-31(32)36(45-3)24-34(38)40(33)48-42/h5-21,23-25H,22H2,1-4H3. The molecule has 2 aliphatic heterocycles. The summed E-state index contributed by atoms with van der Waals surface area (Å²) >= 11 is 0. The summed E-state index contributed by atoms with van der Waals surface area (Å²) in [6.45, 7) is 2.08. The molecule has 2 atom stereocenters. The molecular weight excluding hydrogens is 600 g/mol. The van der Waals surface area contributed by atoms with Gasteiger partial charge in [-0.3, -0.25) is 0 Å². The Labute approximate surface area is 279 Å². The van der Waals surface area contributed by atoms with Crippen molar-refractivity contribution in [3.63, 3.8) is 0 Å². The molecule has 6 aromatic rings. The summed E-state index contributed by atoms with van der Waals surface area (Å²) in [7, 11) is 4.75. The van der Waals surface area contributed by atoms with Gasteiger partial charge in [-0.1, -0.05) is 72.8 Å². The lowest BCUT2D eigenvalue weighted by Gasteiger charge is -2.38. The van der Waals surface area contributed by atoms with Crippen LogP contribution in [0.1, 0.15) is 39.5 Å². The van der Waals surface area contributed by atoms with Crippen molar-refractivity contribution in [2.75, 3.05) is 21.3 Å². The Morgan fingerprint density at radius 2 is 1.52 bits per heavy atom. The molecule has 2 unspecified atom stereocenters. The summed E-state index contributed by atoms with van der Waals surface area (Å²) in [5.41, 5.74) is 4.70. The van der Waals surface area contributed by atoms with Crippen LogP contribution in [0.3, 0.4) is 0 Å². The van der Waals surface area contributed by atoms with Crippen LogP contribution in [0, 0.1) is 0 Å². The number of hydrogen-bond acceptors (Lipinski definition) is 6. The number of carbonyl (C=O) groups excluding carboxylic acids is 1. The number of esters is 1. The van der Waals surface area contributed by atoms with E-state index in [1.165, 1.54) is 7.11 Å². The Balaban J connectivity index is 1.50. The van der Waals surface area contributed by atoms with Crippen molar-refractivity contribution in [3.8, 4) is 34.1 Å². The van der Waals surface area contributed by atoms with Crippen LogP contribution in [-0.2, 0) is 16.8 Å². The molecule has 0 aromatic heterocycles. The largest absolute Gasteiger partial charge is 0.497 e. The maximum atomic E-state index is 13.9. The molecule has 0 saturated carbocycles. The first-order valence-electron chi connectivity index (χ1n) is 16.0. The smallest absolute Gasteiger partial charge is 0.339 e. The van der Waals surface area contributed by atoms with Gasteiger partial charge >= 0.3 is 5.97 Å². The zero-order valence-corrected chi connectivity index (χ0v) is 27.2. The van der Waals surface area contributed by atoms with Crippen molar-refractivity contribution in [3.05, 3.63) is 137 Å². The number of benzene rings is 6. The van der Waals surface area contributed by atoms with Gasteiger partial charge in [-0.05, 0) is 65.9 Å². The highest BCUT2D eigenvalue weighted by atomic mass is 16.5. The monoisotopic (exact) mass is 634 g/mol. The Kier molecular flexibility index (Phi) is 7.10. The molecule has 6 nitrogen and oxygen atoms in total. The van der Waals surface area contributed by atoms with Gasteiger partial charge in [-0.2, -0.15) is 0 Å². The van der Waals surface area contributed by atoms with E-state index in [2.05, 4.69) is 25.1 Å². The summed E-state index contributed by atoms with van der Waals surface area (Å²) < 4.78 is 30.5. The molecule has 2 heterocycles. The third kappa shape index (κ3) is 4.51. The van der Waals surface area contributed by atoms with Crippen LogP contribution < -0.4 is 18.9 Å². The van der Waals surface area contributed by atoms with Gasteiger partial charge in [0, 0.05) is 44.8 Å². The van der Waals surface area contributed by atoms with Gasteiger partial charge in [-0.15, -0.1) is 0 Å². The molecule has 2 aliphatic rings. The van der Waals surface area contributed by atoms with Crippen LogP contribution in [0.2, 0.25) is 0 Å². The Bertz CT molecular complexity index is 2250. The van der Waals surface area contributed by atoms with E-state index < -0.39 is 11.6 Å². The number of rotatable bonds is 6. The van der Waals surface area contributed by atoms with Crippen LogP contribution in [0.4, 0.5) is 0 Å². The van der Waals surface area contributed by atoms with E-state index in [9.17, 15) is 4.79 Å². The van der Waals surface area contributed by atoms with Gasteiger partial charge in [0.2, 0.25) is 0 Å². The van der Waals surface area contributed by atoms with Crippen LogP contribution >= 0.6 is 0 Å². The molecule has 0 bridgehead atoms. The Hall–Kier alpha value is -5.75. The van der Waals surface area contributed by atoms with Gasteiger partial charge in [0.1, 0.15) is 29.1 Å². The van der Waals surface area contributed by atoms with Crippen LogP contribution in [0.5, 0.6) is 23.0 Å². The third-order valence-corrected chi connectivity index (χ3v) is 9.53. The highest BCUT2D eigenvalue weighted by Crippen LogP contribution is 2.53. The first-order chi connectivity index (χ1) is 23.5. The van der Waals surface area contributed by atoms with Crippen molar-refractivity contribution in [2.45, 2.75) is 25.0 Å². The van der Waals surface area contributed by atoms with Crippen molar-refractivity contribution < 1.29 is 28.5 Å². The van der Waals surface area contributed by atoms with E-state index in [1.54, 1.807) is 14.2 Å². The highest BCUT2D eigenvalue weighted by Gasteiger charge is 2.41. The summed E-state index contributed by atoms with van der Waals surface area (Å²) in [5.74, 6) is 2.46.